The minimum Gasteiger partial charge on any atom is -0.497 e. The van der Waals surface area contributed by atoms with Gasteiger partial charge in [-0.2, -0.15) is 11.3 Å². The summed E-state index contributed by atoms with van der Waals surface area (Å²) in [7, 11) is 1.61. The van der Waals surface area contributed by atoms with E-state index < -0.39 is 18.3 Å². The quantitative estimate of drug-likeness (QED) is 0.477. The Kier molecular flexibility index (Phi) is 7.26. The molecular weight excluding hydrogens is 434 g/mol. The summed E-state index contributed by atoms with van der Waals surface area (Å²) in [5.41, 5.74) is 1.69. The van der Waals surface area contributed by atoms with Crippen molar-refractivity contribution in [2.24, 2.45) is 0 Å². The summed E-state index contributed by atoms with van der Waals surface area (Å²) in [6.45, 7) is 0.587. The molecule has 2 saturated heterocycles. The van der Waals surface area contributed by atoms with Gasteiger partial charge in [-0.25, -0.2) is 4.79 Å². The zero-order valence-corrected chi connectivity index (χ0v) is 18.5. The number of urea groups is 1. The van der Waals surface area contributed by atoms with E-state index in [0.717, 1.165) is 11.3 Å². The Morgan fingerprint density at radius 3 is 2.69 bits per heavy atom. The third-order valence-corrected chi connectivity index (χ3v) is 6.27. The van der Waals surface area contributed by atoms with Crippen molar-refractivity contribution in [3.63, 3.8) is 0 Å². The maximum Gasteiger partial charge on any atom is 0.319 e. The molecule has 172 valence electrons. The molecule has 0 radical (unpaired) electrons. The number of hydrogen-bond donors (Lipinski definition) is 4. The van der Waals surface area contributed by atoms with Gasteiger partial charge in [-0.3, -0.25) is 4.79 Å². The number of rotatable bonds is 8. The highest BCUT2D eigenvalue weighted by Gasteiger charge is 2.50. The van der Waals surface area contributed by atoms with Crippen LogP contribution in [0.25, 0.3) is 0 Å². The van der Waals surface area contributed by atoms with Crippen LogP contribution in [0.3, 0.4) is 0 Å². The Morgan fingerprint density at radius 2 is 2.00 bits per heavy atom. The van der Waals surface area contributed by atoms with Crippen molar-refractivity contribution in [3.05, 3.63) is 46.7 Å². The largest absolute Gasteiger partial charge is 0.497 e. The predicted molar refractivity (Wildman–Crippen MR) is 119 cm³/mol. The van der Waals surface area contributed by atoms with Crippen LogP contribution in [0.4, 0.5) is 10.5 Å². The lowest BCUT2D eigenvalue weighted by molar-refractivity contribution is -0.124. The van der Waals surface area contributed by atoms with Gasteiger partial charge in [0.1, 0.15) is 24.1 Å². The molecule has 1 aromatic heterocycles. The molecule has 1 aromatic carbocycles. The molecule has 0 unspecified atom stereocenters. The SMILES string of the molecule is COc1ccc(CNC(=O)C[C@@H]2C[C@H]3O[C@H](CNC(=O)Nc4ccsc4)[C@@H](O)[C@H]3O2)cc1. The summed E-state index contributed by atoms with van der Waals surface area (Å²) in [4.78, 5) is 24.2. The fraction of sp³-hybridized carbons (Fsp3) is 0.455. The van der Waals surface area contributed by atoms with Crippen molar-refractivity contribution in [2.45, 2.75) is 49.9 Å². The molecule has 3 heterocycles. The van der Waals surface area contributed by atoms with Gasteiger partial charge in [0.15, 0.2) is 0 Å². The van der Waals surface area contributed by atoms with Crippen LogP contribution >= 0.6 is 11.3 Å². The van der Waals surface area contributed by atoms with Crippen LogP contribution < -0.4 is 20.7 Å². The molecule has 0 aliphatic carbocycles. The Morgan fingerprint density at radius 1 is 1.19 bits per heavy atom. The average molecular weight is 462 g/mol. The molecule has 2 aliphatic heterocycles. The number of carbonyl (C=O) groups excluding carboxylic acids is 2. The molecule has 2 fully saturated rings. The van der Waals surface area contributed by atoms with E-state index in [1.807, 2.05) is 35.0 Å². The molecule has 3 amide bonds. The third kappa shape index (κ3) is 5.57. The van der Waals surface area contributed by atoms with E-state index in [1.54, 1.807) is 13.2 Å². The van der Waals surface area contributed by atoms with E-state index in [9.17, 15) is 14.7 Å². The second kappa shape index (κ2) is 10.3. The second-order valence-corrected chi connectivity index (χ2v) is 8.62. The molecule has 5 atom stereocenters. The number of anilines is 1. The highest BCUT2D eigenvalue weighted by Crippen LogP contribution is 2.35. The summed E-state index contributed by atoms with van der Waals surface area (Å²) in [5.74, 6) is 0.643. The second-order valence-electron chi connectivity index (χ2n) is 7.84. The number of benzene rings is 1. The van der Waals surface area contributed by atoms with E-state index in [-0.39, 0.29) is 37.1 Å². The highest BCUT2D eigenvalue weighted by molar-refractivity contribution is 7.08. The van der Waals surface area contributed by atoms with Crippen LogP contribution in [0, 0.1) is 0 Å². The first kappa shape index (κ1) is 22.5. The molecule has 4 N–H and O–H groups in total. The van der Waals surface area contributed by atoms with Crippen molar-refractivity contribution >= 4 is 29.0 Å². The van der Waals surface area contributed by atoms with Crippen LogP contribution in [0.5, 0.6) is 5.75 Å². The average Bonchev–Trinajstić information content (AvgIpc) is 3.50. The summed E-state index contributed by atoms with van der Waals surface area (Å²) in [6.07, 6.45) is -1.80. The van der Waals surface area contributed by atoms with Crippen molar-refractivity contribution < 1.29 is 28.9 Å². The molecule has 0 bridgehead atoms. The fourth-order valence-corrected chi connectivity index (χ4v) is 4.52. The van der Waals surface area contributed by atoms with E-state index in [4.69, 9.17) is 14.2 Å². The molecule has 2 aromatic rings. The number of aliphatic hydroxyl groups excluding tert-OH is 1. The zero-order valence-electron chi connectivity index (χ0n) is 17.7. The molecular formula is C22H27N3O6S. The number of ether oxygens (including phenoxy) is 3. The molecule has 0 spiro atoms. The third-order valence-electron chi connectivity index (χ3n) is 5.58. The monoisotopic (exact) mass is 461 g/mol. The molecule has 4 rings (SSSR count). The first-order valence-corrected chi connectivity index (χ1v) is 11.4. The number of thiophene rings is 1. The van der Waals surface area contributed by atoms with Crippen molar-refractivity contribution in [3.8, 4) is 5.75 Å². The van der Waals surface area contributed by atoms with E-state index in [1.165, 1.54) is 11.3 Å². The fourth-order valence-electron chi connectivity index (χ4n) is 3.94. The van der Waals surface area contributed by atoms with Gasteiger partial charge in [0.05, 0.1) is 31.4 Å². The number of nitrogens with one attached hydrogen (secondary N) is 3. The smallest absolute Gasteiger partial charge is 0.319 e. The summed E-state index contributed by atoms with van der Waals surface area (Å²) < 4.78 is 16.9. The molecule has 32 heavy (non-hydrogen) atoms. The van der Waals surface area contributed by atoms with Crippen molar-refractivity contribution in [1.29, 1.82) is 0 Å². The van der Waals surface area contributed by atoms with Crippen LogP contribution in [-0.2, 0) is 20.8 Å². The Bertz CT molecular complexity index is 907. The number of carbonyl (C=O) groups is 2. The molecule has 2 aliphatic rings. The van der Waals surface area contributed by atoms with Crippen LogP contribution in [-0.4, -0.2) is 61.2 Å². The number of methoxy groups -OCH3 is 1. The molecule has 0 saturated carbocycles. The Labute approximate surface area is 190 Å². The maximum absolute atomic E-state index is 12.3. The van der Waals surface area contributed by atoms with Crippen molar-refractivity contribution in [2.75, 3.05) is 19.0 Å². The normalized spacial score (nSPS) is 26.4. The van der Waals surface area contributed by atoms with Crippen molar-refractivity contribution in [1.82, 2.24) is 10.6 Å². The van der Waals surface area contributed by atoms with Crippen LogP contribution in [0.2, 0.25) is 0 Å². The number of hydrogen-bond acceptors (Lipinski definition) is 7. The lowest BCUT2D eigenvalue weighted by atomic mass is 10.1. The lowest BCUT2D eigenvalue weighted by Gasteiger charge is -2.20. The topological polar surface area (TPSA) is 118 Å². The van der Waals surface area contributed by atoms with Gasteiger partial charge in [-0.05, 0) is 29.1 Å². The summed E-state index contributed by atoms with van der Waals surface area (Å²) >= 11 is 1.49. The Hall–Kier alpha value is -2.66. The zero-order chi connectivity index (χ0) is 22.5. The Balaban J connectivity index is 1.17. The predicted octanol–water partition coefficient (Wildman–Crippen LogP) is 1.87. The van der Waals surface area contributed by atoms with E-state index >= 15 is 0 Å². The molecule has 9 nitrogen and oxygen atoms in total. The summed E-state index contributed by atoms with van der Waals surface area (Å²) in [5, 5.41) is 22.5. The molecule has 10 heteroatoms. The van der Waals surface area contributed by atoms with Gasteiger partial charge in [-0.15, -0.1) is 0 Å². The highest BCUT2D eigenvalue weighted by atomic mass is 32.1. The minimum atomic E-state index is -0.867. The minimum absolute atomic E-state index is 0.122. The van der Waals surface area contributed by atoms with Crippen LogP contribution in [0.15, 0.2) is 41.1 Å². The number of amides is 3. The van der Waals surface area contributed by atoms with Gasteiger partial charge in [-0.1, -0.05) is 12.1 Å². The van der Waals surface area contributed by atoms with Crippen LogP contribution in [0.1, 0.15) is 18.4 Å². The first-order valence-electron chi connectivity index (χ1n) is 10.5. The van der Waals surface area contributed by atoms with Gasteiger partial charge in [0.2, 0.25) is 5.91 Å². The number of aliphatic hydroxyl groups is 1. The lowest BCUT2D eigenvalue weighted by Crippen LogP contribution is -2.42. The van der Waals surface area contributed by atoms with E-state index in [2.05, 4.69) is 16.0 Å². The van der Waals surface area contributed by atoms with Gasteiger partial charge in [0, 0.05) is 24.9 Å². The standard InChI is InChI=1S/C22H27N3O6S/c1-29-15-4-2-13(3-5-15)10-23-19(26)9-16-8-17-21(30-16)20(27)18(31-17)11-24-22(28)25-14-6-7-32-12-14/h2-7,12,16-18,20-21,27H,8-11H2,1H3,(H,23,26)(H2,24,25,28)/t16-,17+,18+,20+,21-/m0/s1. The van der Waals surface area contributed by atoms with Gasteiger partial charge in [0.25, 0.3) is 0 Å². The maximum atomic E-state index is 12.3. The van der Waals surface area contributed by atoms with Gasteiger partial charge < -0.3 is 35.3 Å². The first-order chi connectivity index (χ1) is 15.5. The van der Waals surface area contributed by atoms with E-state index in [0.29, 0.717) is 18.7 Å². The number of fused-ring (bicyclic) bond motifs is 1. The van der Waals surface area contributed by atoms with Gasteiger partial charge >= 0.3 is 6.03 Å². The summed E-state index contributed by atoms with van der Waals surface area (Å²) in [6, 6.07) is 8.93.